The van der Waals surface area contributed by atoms with Crippen molar-refractivity contribution in [1.82, 2.24) is 20.1 Å². The molecule has 0 aromatic carbocycles. The number of hydrogen-bond donors (Lipinski definition) is 2. The van der Waals surface area contributed by atoms with Crippen LogP contribution in [0.3, 0.4) is 0 Å². The van der Waals surface area contributed by atoms with Gasteiger partial charge in [-0.05, 0) is 12.8 Å². The van der Waals surface area contributed by atoms with E-state index < -0.39 is 0 Å². The van der Waals surface area contributed by atoms with Gasteiger partial charge in [0.25, 0.3) is 0 Å². The largest absolute Gasteiger partial charge is 0.394 e. The Morgan fingerprint density at radius 2 is 2.53 bits per heavy atom. The first-order valence-electron chi connectivity index (χ1n) is 6.16. The summed E-state index contributed by atoms with van der Waals surface area (Å²) in [7, 11) is 1.53. The second-order valence-electron chi connectivity index (χ2n) is 4.44. The highest BCUT2D eigenvalue weighted by Gasteiger charge is 2.26. The molecule has 1 aromatic heterocycles. The summed E-state index contributed by atoms with van der Waals surface area (Å²) < 4.78 is 6.91. The lowest BCUT2D eigenvalue weighted by atomic mass is 10.3. The zero-order valence-electron chi connectivity index (χ0n) is 10.8. The number of nitrogens with one attached hydrogen (secondary N) is 1. The maximum Gasteiger partial charge on any atom is 0.230 e. The molecule has 0 aliphatic heterocycles. The standard InChI is InChI=1S/C11H18N4O3S/c1-18-5-8(4-16)13-10(17)6-19-11-14-12-7-15(11)9-2-3-9/h7-9,16H,2-6H2,1H3,(H,13,17). The zero-order chi connectivity index (χ0) is 13.7. The zero-order valence-corrected chi connectivity index (χ0v) is 11.6. The summed E-state index contributed by atoms with van der Waals surface area (Å²) in [4.78, 5) is 11.7. The number of aliphatic hydroxyl groups excluding tert-OH is 1. The first-order chi connectivity index (χ1) is 9.24. The minimum Gasteiger partial charge on any atom is -0.394 e. The van der Waals surface area contributed by atoms with Crippen LogP contribution in [0.15, 0.2) is 11.5 Å². The van der Waals surface area contributed by atoms with E-state index >= 15 is 0 Å². The van der Waals surface area contributed by atoms with Gasteiger partial charge in [-0.1, -0.05) is 11.8 Å². The topological polar surface area (TPSA) is 89.3 Å². The van der Waals surface area contributed by atoms with Crippen molar-refractivity contribution in [2.45, 2.75) is 30.1 Å². The summed E-state index contributed by atoms with van der Waals surface area (Å²) in [5.41, 5.74) is 0. The molecule has 1 heterocycles. The molecular weight excluding hydrogens is 268 g/mol. The Kier molecular flexibility index (Phi) is 5.17. The molecule has 8 heteroatoms. The van der Waals surface area contributed by atoms with Crippen LogP contribution in [-0.2, 0) is 9.53 Å². The van der Waals surface area contributed by atoms with Gasteiger partial charge in [0.1, 0.15) is 6.33 Å². The molecule has 0 bridgehead atoms. The Morgan fingerprint density at radius 1 is 1.74 bits per heavy atom. The van der Waals surface area contributed by atoms with Crippen molar-refractivity contribution in [3.8, 4) is 0 Å². The minimum atomic E-state index is -0.362. The van der Waals surface area contributed by atoms with Gasteiger partial charge in [-0.2, -0.15) is 0 Å². The third-order valence-electron chi connectivity index (χ3n) is 2.77. The summed E-state index contributed by atoms with van der Waals surface area (Å²) in [5, 5.41) is 20.4. The van der Waals surface area contributed by atoms with Crippen LogP contribution in [0.1, 0.15) is 18.9 Å². The second-order valence-corrected chi connectivity index (χ2v) is 5.39. The lowest BCUT2D eigenvalue weighted by Crippen LogP contribution is -2.41. The van der Waals surface area contributed by atoms with Gasteiger partial charge < -0.3 is 19.7 Å². The predicted molar refractivity (Wildman–Crippen MR) is 69.9 cm³/mol. The number of aromatic nitrogens is 3. The van der Waals surface area contributed by atoms with E-state index in [0.717, 1.165) is 18.0 Å². The summed E-state index contributed by atoms with van der Waals surface area (Å²) in [5.74, 6) is 0.109. The van der Waals surface area contributed by atoms with Gasteiger partial charge in [0.15, 0.2) is 5.16 Å². The van der Waals surface area contributed by atoms with Crippen molar-refractivity contribution in [2.24, 2.45) is 0 Å². The minimum absolute atomic E-state index is 0.136. The van der Waals surface area contributed by atoms with Crippen LogP contribution in [-0.4, -0.2) is 57.9 Å². The summed E-state index contributed by atoms with van der Waals surface area (Å²) in [6.07, 6.45) is 4.01. The van der Waals surface area contributed by atoms with Crippen molar-refractivity contribution < 1.29 is 14.6 Å². The smallest absolute Gasteiger partial charge is 0.230 e. The normalized spacial score (nSPS) is 16.3. The van der Waals surface area contributed by atoms with E-state index in [1.54, 1.807) is 6.33 Å². The molecule has 1 saturated carbocycles. The number of aliphatic hydroxyl groups is 1. The fourth-order valence-electron chi connectivity index (χ4n) is 1.68. The van der Waals surface area contributed by atoms with Crippen LogP contribution >= 0.6 is 11.8 Å². The lowest BCUT2D eigenvalue weighted by Gasteiger charge is -2.14. The number of amides is 1. The number of thioether (sulfide) groups is 1. The third kappa shape index (κ3) is 4.19. The van der Waals surface area contributed by atoms with Crippen molar-refractivity contribution in [3.63, 3.8) is 0 Å². The number of rotatable bonds is 8. The predicted octanol–water partition coefficient (Wildman–Crippen LogP) is -0.171. The van der Waals surface area contributed by atoms with Gasteiger partial charge in [0, 0.05) is 13.2 Å². The number of ether oxygens (including phenoxy) is 1. The van der Waals surface area contributed by atoms with E-state index in [1.807, 2.05) is 4.57 Å². The molecule has 1 aliphatic rings. The fraction of sp³-hybridized carbons (Fsp3) is 0.727. The van der Waals surface area contributed by atoms with Crippen molar-refractivity contribution >= 4 is 17.7 Å². The van der Waals surface area contributed by atoms with E-state index in [4.69, 9.17) is 9.84 Å². The van der Waals surface area contributed by atoms with Gasteiger partial charge in [-0.25, -0.2) is 0 Å². The summed E-state index contributed by atoms with van der Waals surface area (Å²) >= 11 is 1.36. The molecule has 106 valence electrons. The third-order valence-corrected chi connectivity index (χ3v) is 3.72. The second kappa shape index (κ2) is 6.88. The number of carbonyl (C=O) groups excluding carboxylic acids is 1. The molecule has 7 nitrogen and oxygen atoms in total. The first kappa shape index (κ1) is 14.3. The maximum absolute atomic E-state index is 11.7. The van der Waals surface area contributed by atoms with Gasteiger partial charge in [0.2, 0.25) is 5.91 Å². The molecule has 0 spiro atoms. The Bertz CT molecular complexity index is 422. The van der Waals surface area contributed by atoms with E-state index in [0.29, 0.717) is 12.6 Å². The Morgan fingerprint density at radius 3 is 3.16 bits per heavy atom. The van der Waals surface area contributed by atoms with Crippen LogP contribution in [0.5, 0.6) is 0 Å². The van der Waals surface area contributed by atoms with Gasteiger partial charge in [0.05, 0.1) is 25.0 Å². The highest BCUT2D eigenvalue weighted by molar-refractivity contribution is 7.99. The fourth-order valence-corrected chi connectivity index (χ4v) is 2.47. The average molecular weight is 286 g/mol. The average Bonchev–Trinajstić information content (AvgIpc) is 3.15. The molecule has 1 aromatic rings. The highest BCUT2D eigenvalue weighted by Crippen LogP contribution is 2.37. The summed E-state index contributed by atoms with van der Waals surface area (Å²) in [6, 6.07) is 0.138. The van der Waals surface area contributed by atoms with Crippen LogP contribution < -0.4 is 5.32 Å². The monoisotopic (exact) mass is 286 g/mol. The first-order valence-corrected chi connectivity index (χ1v) is 7.14. The molecule has 1 fully saturated rings. The Hall–Kier alpha value is -1.12. The van der Waals surface area contributed by atoms with E-state index in [2.05, 4.69) is 15.5 Å². The Balaban J connectivity index is 1.77. The van der Waals surface area contributed by atoms with E-state index in [-0.39, 0.29) is 24.3 Å². The van der Waals surface area contributed by atoms with E-state index in [9.17, 15) is 4.79 Å². The molecule has 19 heavy (non-hydrogen) atoms. The van der Waals surface area contributed by atoms with Crippen molar-refractivity contribution in [1.29, 1.82) is 0 Å². The molecule has 1 unspecified atom stereocenters. The van der Waals surface area contributed by atoms with Gasteiger partial charge >= 0.3 is 0 Å². The molecular formula is C11H18N4O3S. The quantitative estimate of drug-likeness (QED) is 0.645. The number of hydrogen-bond acceptors (Lipinski definition) is 6. The molecule has 1 aliphatic carbocycles. The van der Waals surface area contributed by atoms with Crippen LogP contribution in [0, 0.1) is 0 Å². The van der Waals surface area contributed by atoms with Crippen LogP contribution in [0.25, 0.3) is 0 Å². The van der Waals surface area contributed by atoms with Gasteiger partial charge in [-0.15, -0.1) is 10.2 Å². The molecule has 1 amide bonds. The number of nitrogens with zero attached hydrogens (tertiary/aromatic N) is 3. The summed E-state index contributed by atoms with van der Waals surface area (Å²) in [6.45, 7) is 0.160. The lowest BCUT2D eigenvalue weighted by molar-refractivity contribution is -0.120. The van der Waals surface area contributed by atoms with Crippen molar-refractivity contribution in [2.75, 3.05) is 26.1 Å². The molecule has 2 rings (SSSR count). The molecule has 2 N–H and O–H groups in total. The number of carbonyl (C=O) groups is 1. The maximum atomic E-state index is 11.7. The van der Waals surface area contributed by atoms with Crippen molar-refractivity contribution in [3.05, 3.63) is 6.33 Å². The molecule has 0 saturated heterocycles. The number of methoxy groups -OCH3 is 1. The van der Waals surface area contributed by atoms with Gasteiger partial charge in [-0.3, -0.25) is 4.79 Å². The SMILES string of the molecule is COCC(CO)NC(=O)CSc1nncn1C1CC1. The highest BCUT2D eigenvalue weighted by atomic mass is 32.2. The van der Waals surface area contributed by atoms with Crippen LogP contribution in [0.4, 0.5) is 0 Å². The molecule has 0 radical (unpaired) electrons. The molecule has 1 atom stereocenters. The van der Waals surface area contributed by atoms with Crippen LogP contribution in [0.2, 0.25) is 0 Å². The Labute approximate surface area is 115 Å². The van der Waals surface area contributed by atoms with E-state index in [1.165, 1.54) is 18.9 Å².